The van der Waals surface area contributed by atoms with Crippen molar-refractivity contribution in [3.8, 4) is 22.9 Å². The molecular weight excluding hydrogens is 533 g/mol. The molecule has 0 bridgehead atoms. The van der Waals surface area contributed by atoms with Gasteiger partial charge in [-0.1, -0.05) is 43.5 Å². The Bertz CT molecular complexity index is 1410. The van der Waals surface area contributed by atoms with Gasteiger partial charge in [-0.05, 0) is 74.9 Å². The van der Waals surface area contributed by atoms with Crippen molar-refractivity contribution in [1.29, 1.82) is 5.26 Å². The molecule has 6 rings (SSSR count). The van der Waals surface area contributed by atoms with Gasteiger partial charge in [0, 0.05) is 36.7 Å². The van der Waals surface area contributed by atoms with Gasteiger partial charge in [-0.2, -0.15) is 10.4 Å². The van der Waals surface area contributed by atoms with Crippen LogP contribution in [0.3, 0.4) is 0 Å². The number of nitrogens with one attached hydrogen (secondary N) is 1. The second-order valence-corrected chi connectivity index (χ2v) is 11.8. The smallest absolute Gasteiger partial charge is 0.410 e. The number of hydrogen-bond acceptors (Lipinski definition) is 5. The third-order valence-electron chi connectivity index (χ3n) is 8.17. The number of nitriles is 1. The predicted octanol–water partition coefficient (Wildman–Crippen LogP) is 6.36. The maximum atomic E-state index is 13.1. The highest BCUT2D eigenvalue weighted by atomic mass is 19.1. The van der Waals surface area contributed by atoms with E-state index in [-0.39, 0.29) is 29.8 Å². The van der Waals surface area contributed by atoms with Crippen molar-refractivity contribution in [1.82, 2.24) is 20.0 Å². The molecule has 3 aromatic rings. The Morgan fingerprint density at radius 1 is 1.02 bits per heavy atom. The van der Waals surface area contributed by atoms with E-state index in [4.69, 9.17) is 10.00 Å². The molecule has 2 aromatic carbocycles. The molecule has 0 unspecified atom stereocenters. The van der Waals surface area contributed by atoms with Crippen LogP contribution in [-0.4, -0.2) is 51.4 Å². The summed E-state index contributed by atoms with van der Waals surface area (Å²) in [4.78, 5) is 25.3. The van der Waals surface area contributed by atoms with E-state index in [0.717, 1.165) is 55.3 Å². The van der Waals surface area contributed by atoms with Crippen molar-refractivity contribution >= 4 is 12.0 Å². The summed E-state index contributed by atoms with van der Waals surface area (Å²) >= 11 is 0. The molecule has 1 aromatic heterocycles. The monoisotopic (exact) mass is 571 g/mol. The Hall–Kier alpha value is -4.19. The molecular formula is C33H38FN5O3. The number of hydrogen-bond donors (Lipinski definition) is 1. The number of benzene rings is 2. The third-order valence-corrected chi connectivity index (χ3v) is 8.17. The van der Waals surface area contributed by atoms with Crippen LogP contribution < -0.4 is 5.32 Å². The van der Waals surface area contributed by atoms with Crippen LogP contribution in [0.2, 0.25) is 0 Å². The topological polar surface area (TPSA) is 100 Å². The first-order valence-electron chi connectivity index (χ1n) is 14.8. The van der Waals surface area contributed by atoms with Crippen LogP contribution in [-0.2, 0) is 9.53 Å². The molecule has 220 valence electrons. The lowest BCUT2D eigenvalue weighted by Crippen LogP contribution is -2.49. The molecule has 2 aliphatic carbocycles. The quantitative estimate of drug-likeness (QED) is 0.371. The number of likely N-dealkylation sites (tertiary alicyclic amines) is 1. The Morgan fingerprint density at radius 2 is 1.69 bits per heavy atom. The molecule has 0 spiro atoms. The SMILES string of the molecule is CC(C)OC(=O)N1CC(c2ccc(-c3cnn(-c4ccc(F)cc4)c3)cc2)C1.N#CC1(NC(=O)C2CCCCC2)CC1. The van der Waals surface area contributed by atoms with Crippen LogP contribution in [0.4, 0.5) is 9.18 Å². The number of rotatable bonds is 6. The Balaban J connectivity index is 0.000000211. The molecule has 9 heteroatoms. The van der Waals surface area contributed by atoms with Gasteiger partial charge in [0.15, 0.2) is 0 Å². The van der Waals surface area contributed by atoms with Crippen LogP contribution in [0.5, 0.6) is 0 Å². The van der Waals surface area contributed by atoms with Crippen molar-refractivity contribution in [3.05, 3.63) is 72.3 Å². The highest BCUT2D eigenvalue weighted by molar-refractivity contribution is 5.80. The van der Waals surface area contributed by atoms with Gasteiger partial charge in [0.05, 0.1) is 24.1 Å². The van der Waals surface area contributed by atoms with E-state index in [1.807, 2.05) is 20.0 Å². The van der Waals surface area contributed by atoms with Crippen molar-refractivity contribution in [2.45, 2.75) is 76.4 Å². The van der Waals surface area contributed by atoms with Gasteiger partial charge in [-0.25, -0.2) is 13.9 Å². The average molecular weight is 572 g/mol. The zero-order chi connectivity index (χ0) is 29.7. The van der Waals surface area contributed by atoms with E-state index in [1.54, 1.807) is 27.9 Å². The minimum Gasteiger partial charge on any atom is -0.447 e. The Morgan fingerprint density at radius 3 is 2.29 bits per heavy atom. The number of nitrogens with zero attached hydrogens (tertiary/aromatic N) is 4. The molecule has 0 atom stereocenters. The summed E-state index contributed by atoms with van der Waals surface area (Å²) in [6, 6.07) is 16.8. The fourth-order valence-corrected chi connectivity index (χ4v) is 5.36. The molecule has 3 fully saturated rings. The molecule has 3 aliphatic rings. The molecule has 2 heterocycles. The van der Waals surface area contributed by atoms with Crippen molar-refractivity contribution in [3.63, 3.8) is 0 Å². The van der Waals surface area contributed by atoms with E-state index < -0.39 is 5.54 Å². The Kier molecular flexibility index (Phi) is 8.91. The van der Waals surface area contributed by atoms with E-state index >= 15 is 0 Å². The fraction of sp³-hybridized carbons (Fsp3) is 0.455. The van der Waals surface area contributed by atoms with E-state index in [2.05, 4.69) is 40.8 Å². The summed E-state index contributed by atoms with van der Waals surface area (Å²) in [5.41, 5.74) is 3.60. The minimum atomic E-state index is -0.478. The fourth-order valence-electron chi connectivity index (χ4n) is 5.36. The second kappa shape index (κ2) is 12.8. The van der Waals surface area contributed by atoms with Gasteiger partial charge in [-0.3, -0.25) is 4.79 Å². The average Bonchev–Trinajstić information content (AvgIpc) is 3.56. The number of amides is 2. The number of carbonyl (C=O) groups excluding carboxylic acids is 2. The van der Waals surface area contributed by atoms with Crippen LogP contribution in [0, 0.1) is 23.1 Å². The number of ether oxygens (including phenoxy) is 1. The first-order valence-corrected chi connectivity index (χ1v) is 14.8. The molecule has 1 aliphatic heterocycles. The summed E-state index contributed by atoms with van der Waals surface area (Å²) in [5, 5.41) is 16.1. The summed E-state index contributed by atoms with van der Waals surface area (Å²) in [5.74, 6) is 0.368. The molecule has 2 saturated carbocycles. The van der Waals surface area contributed by atoms with Gasteiger partial charge < -0.3 is 15.0 Å². The number of carbonyl (C=O) groups is 2. The van der Waals surface area contributed by atoms with Crippen LogP contribution in [0.15, 0.2) is 60.9 Å². The molecule has 1 N–H and O–H groups in total. The van der Waals surface area contributed by atoms with E-state index in [1.165, 1.54) is 24.1 Å². The van der Waals surface area contributed by atoms with Gasteiger partial charge in [0.2, 0.25) is 5.91 Å². The maximum Gasteiger partial charge on any atom is 0.410 e. The number of halogens is 1. The first-order chi connectivity index (χ1) is 20.2. The number of aromatic nitrogens is 2. The van der Waals surface area contributed by atoms with E-state index in [0.29, 0.717) is 19.0 Å². The largest absolute Gasteiger partial charge is 0.447 e. The van der Waals surface area contributed by atoms with Crippen molar-refractivity contribution in [2.75, 3.05) is 13.1 Å². The highest BCUT2D eigenvalue weighted by Gasteiger charge is 2.45. The third kappa shape index (κ3) is 7.17. The zero-order valence-electron chi connectivity index (χ0n) is 24.3. The second-order valence-electron chi connectivity index (χ2n) is 11.8. The molecule has 42 heavy (non-hydrogen) atoms. The van der Waals surface area contributed by atoms with E-state index in [9.17, 15) is 14.0 Å². The van der Waals surface area contributed by atoms with Crippen molar-refractivity contribution < 1.29 is 18.7 Å². The summed E-state index contributed by atoms with van der Waals surface area (Å²) < 4.78 is 20.0. The van der Waals surface area contributed by atoms with Crippen LogP contribution >= 0.6 is 0 Å². The van der Waals surface area contributed by atoms with Gasteiger partial charge in [-0.15, -0.1) is 0 Å². The summed E-state index contributed by atoms with van der Waals surface area (Å²) in [7, 11) is 0. The van der Waals surface area contributed by atoms with Gasteiger partial charge in [0.1, 0.15) is 11.4 Å². The standard InChI is InChI=1S/C22H22FN3O2.C11H16N2O/c1-15(2)28-22(27)25-12-19(13-25)17-5-3-16(4-6-17)18-11-24-26(14-18)21-9-7-20(23)8-10-21;12-8-11(6-7-11)13-10(14)9-4-2-1-3-5-9/h3-11,14-15,19H,12-13H2,1-2H3;9H,1-7H2,(H,13,14). The normalized spacial score (nSPS) is 17.8. The highest BCUT2D eigenvalue weighted by Crippen LogP contribution is 2.35. The van der Waals surface area contributed by atoms with Crippen LogP contribution in [0.25, 0.3) is 16.8 Å². The van der Waals surface area contributed by atoms with Crippen molar-refractivity contribution in [2.24, 2.45) is 5.92 Å². The molecule has 0 radical (unpaired) electrons. The maximum absolute atomic E-state index is 13.1. The summed E-state index contributed by atoms with van der Waals surface area (Å²) in [6.45, 7) is 5.08. The lowest BCUT2D eigenvalue weighted by Gasteiger charge is -2.39. The predicted molar refractivity (Wildman–Crippen MR) is 157 cm³/mol. The lowest BCUT2D eigenvalue weighted by atomic mass is 9.88. The summed E-state index contributed by atoms with van der Waals surface area (Å²) in [6.07, 6.45) is 10.7. The minimum absolute atomic E-state index is 0.0957. The first kappa shape index (κ1) is 29.3. The van der Waals surface area contributed by atoms with Gasteiger partial charge in [0.25, 0.3) is 0 Å². The Labute approximate surface area is 246 Å². The van der Waals surface area contributed by atoms with Crippen LogP contribution in [0.1, 0.15) is 70.3 Å². The zero-order valence-corrected chi connectivity index (χ0v) is 24.3. The lowest BCUT2D eigenvalue weighted by molar-refractivity contribution is -0.126. The van der Waals surface area contributed by atoms with Gasteiger partial charge >= 0.3 is 6.09 Å². The molecule has 8 nitrogen and oxygen atoms in total. The molecule has 2 amide bonds. The molecule has 1 saturated heterocycles.